The molecule has 9 heteroatoms. The lowest BCUT2D eigenvalue weighted by Crippen LogP contribution is -2.46. The van der Waals surface area contributed by atoms with E-state index in [1.165, 1.54) is 7.11 Å². The molecular weight excluding hydrogens is 384 g/mol. The number of benzene rings is 1. The molecule has 1 atom stereocenters. The van der Waals surface area contributed by atoms with Gasteiger partial charge in [-0.05, 0) is 30.7 Å². The minimum Gasteiger partial charge on any atom is -0.495 e. The Bertz CT molecular complexity index is 1110. The quantitative estimate of drug-likeness (QED) is 0.605. The van der Waals surface area contributed by atoms with E-state index in [1.54, 1.807) is 60.7 Å². The highest BCUT2D eigenvalue weighted by atomic mass is 16.5. The molecule has 2 aromatic heterocycles. The molecule has 0 fully saturated rings. The van der Waals surface area contributed by atoms with Gasteiger partial charge in [-0.1, -0.05) is 18.2 Å². The van der Waals surface area contributed by atoms with Crippen LogP contribution in [0, 0.1) is 0 Å². The van der Waals surface area contributed by atoms with Crippen molar-refractivity contribution in [3.8, 4) is 11.6 Å². The molecule has 1 unspecified atom stereocenters. The van der Waals surface area contributed by atoms with E-state index in [4.69, 9.17) is 4.74 Å². The topological polar surface area (TPSA) is 110 Å². The van der Waals surface area contributed by atoms with Crippen LogP contribution in [-0.2, 0) is 4.79 Å². The van der Waals surface area contributed by atoms with Crippen molar-refractivity contribution in [2.24, 2.45) is 0 Å². The van der Waals surface area contributed by atoms with Crippen molar-refractivity contribution in [3.63, 3.8) is 0 Å². The highest BCUT2D eigenvalue weighted by Gasteiger charge is 2.31. The van der Waals surface area contributed by atoms with E-state index < -0.39 is 6.04 Å². The zero-order valence-corrected chi connectivity index (χ0v) is 16.4. The number of amides is 3. The Morgan fingerprint density at radius 1 is 1.23 bits per heavy atom. The summed E-state index contributed by atoms with van der Waals surface area (Å²) >= 11 is 0. The number of aromatic nitrogens is 3. The molecule has 0 spiro atoms. The van der Waals surface area contributed by atoms with Gasteiger partial charge in [-0.15, -0.1) is 0 Å². The third-order valence-corrected chi connectivity index (χ3v) is 4.74. The van der Waals surface area contributed by atoms with Crippen LogP contribution in [0.5, 0.6) is 5.75 Å². The normalized spacial score (nSPS) is 15.9. The smallest absolute Gasteiger partial charge is 0.319 e. The Morgan fingerprint density at radius 3 is 2.77 bits per heavy atom. The standard InChI is InChI=1S/C21H20N6O3/c1-13-18(20(28)25-15-5-3-4-6-16(15)30-2)19(26-21(29)24-13)14-7-8-17(23-11-14)27-10-9-22-12-27/h3-12,19H,1-2H3,(H,25,28)(H2,24,26,29). The molecule has 0 saturated carbocycles. The van der Waals surface area contributed by atoms with Crippen molar-refractivity contribution < 1.29 is 14.3 Å². The summed E-state index contributed by atoms with van der Waals surface area (Å²) in [6.07, 6.45) is 6.72. The van der Waals surface area contributed by atoms with Crippen molar-refractivity contribution >= 4 is 17.6 Å². The van der Waals surface area contributed by atoms with Crippen molar-refractivity contribution in [1.29, 1.82) is 0 Å². The average Bonchev–Trinajstić information content (AvgIpc) is 3.28. The molecule has 0 aliphatic carbocycles. The molecule has 0 saturated heterocycles. The molecular formula is C21H20N6O3. The summed E-state index contributed by atoms with van der Waals surface area (Å²) in [5, 5.41) is 8.33. The number of carbonyl (C=O) groups excluding carboxylic acids is 2. The zero-order valence-electron chi connectivity index (χ0n) is 16.4. The molecule has 4 rings (SSSR count). The lowest BCUT2D eigenvalue weighted by Gasteiger charge is -2.28. The van der Waals surface area contributed by atoms with E-state index in [-0.39, 0.29) is 11.9 Å². The van der Waals surface area contributed by atoms with Gasteiger partial charge >= 0.3 is 6.03 Å². The van der Waals surface area contributed by atoms with E-state index >= 15 is 0 Å². The van der Waals surface area contributed by atoms with E-state index in [9.17, 15) is 9.59 Å². The summed E-state index contributed by atoms with van der Waals surface area (Å²) in [4.78, 5) is 33.7. The van der Waals surface area contributed by atoms with Crippen molar-refractivity contribution in [1.82, 2.24) is 25.2 Å². The number of hydrogen-bond donors (Lipinski definition) is 3. The molecule has 152 valence electrons. The van der Waals surface area contributed by atoms with E-state index in [2.05, 4.69) is 25.9 Å². The van der Waals surface area contributed by atoms with Crippen LogP contribution in [0.4, 0.5) is 10.5 Å². The first kappa shape index (κ1) is 19.2. The fourth-order valence-corrected chi connectivity index (χ4v) is 3.30. The number of allylic oxidation sites excluding steroid dienone is 1. The van der Waals surface area contributed by atoms with Gasteiger partial charge in [-0.25, -0.2) is 14.8 Å². The highest BCUT2D eigenvalue weighted by Crippen LogP contribution is 2.30. The molecule has 30 heavy (non-hydrogen) atoms. The van der Waals surface area contributed by atoms with Crippen molar-refractivity contribution in [3.05, 3.63) is 78.1 Å². The summed E-state index contributed by atoms with van der Waals surface area (Å²) in [5.41, 5.74) is 2.07. The minimum atomic E-state index is -0.655. The van der Waals surface area contributed by atoms with E-state index in [1.807, 2.05) is 12.1 Å². The first-order valence-electron chi connectivity index (χ1n) is 9.23. The van der Waals surface area contributed by atoms with Crippen LogP contribution in [0.2, 0.25) is 0 Å². The first-order valence-corrected chi connectivity index (χ1v) is 9.23. The molecule has 0 radical (unpaired) electrons. The number of urea groups is 1. The van der Waals surface area contributed by atoms with Gasteiger partial charge in [0.15, 0.2) is 0 Å². The summed E-state index contributed by atoms with van der Waals surface area (Å²) in [7, 11) is 1.54. The average molecular weight is 404 g/mol. The number of carbonyl (C=O) groups is 2. The van der Waals surface area contributed by atoms with Gasteiger partial charge in [0.1, 0.15) is 17.9 Å². The second kappa shape index (κ2) is 8.08. The third kappa shape index (κ3) is 3.72. The van der Waals surface area contributed by atoms with Crippen LogP contribution in [0.3, 0.4) is 0 Å². The number of rotatable bonds is 5. The van der Waals surface area contributed by atoms with Crippen LogP contribution in [0.25, 0.3) is 5.82 Å². The minimum absolute atomic E-state index is 0.354. The predicted octanol–water partition coefficient (Wildman–Crippen LogP) is 2.54. The molecule has 3 aromatic rings. The SMILES string of the molecule is COc1ccccc1NC(=O)C1=C(C)NC(=O)NC1c1ccc(-n2ccnc2)nc1. The van der Waals surface area contributed by atoms with Gasteiger partial charge in [-0.3, -0.25) is 9.36 Å². The summed E-state index contributed by atoms with van der Waals surface area (Å²) in [6, 6.07) is 9.71. The maximum atomic E-state index is 13.1. The predicted molar refractivity (Wildman–Crippen MR) is 110 cm³/mol. The number of imidazole rings is 1. The van der Waals surface area contributed by atoms with Gasteiger partial charge in [-0.2, -0.15) is 0 Å². The van der Waals surface area contributed by atoms with Crippen molar-refractivity contribution in [2.75, 3.05) is 12.4 Å². The number of ether oxygens (including phenoxy) is 1. The Morgan fingerprint density at radius 2 is 2.07 bits per heavy atom. The van der Waals surface area contributed by atoms with Gasteiger partial charge in [0.2, 0.25) is 0 Å². The molecule has 3 amide bonds. The largest absolute Gasteiger partial charge is 0.495 e. The molecule has 1 aliphatic rings. The summed E-state index contributed by atoms with van der Waals surface area (Å²) < 4.78 is 7.07. The summed E-state index contributed by atoms with van der Waals surface area (Å²) in [6.45, 7) is 1.69. The van der Waals surface area contributed by atoms with Gasteiger partial charge in [0.25, 0.3) is 5.91 Å². The number of hydrogen-bond acceptors (Lipinski definition) is 5. The van der Waals surface area contributed by atoms with E-state index in [0.717, 1.165) is 0 Å². The molecule has 9 nitrogen and oxygen atoms in total. The van der Waals surface area contributed by atoms with Gasteiger partial charge in [0, 0.05) is 24.3 Å². The zero-order chi connectivity index (χ0) is 21.1. The Labute approximate surface area is 172 Å². The van der Waals surface area contributed by atoms with Crippen LogP contribution in [0.1, 0.15) is 18.5 Å². The van der Waals surface area contributed by atoms with Crippen molar-refractivity contribution in [2.45, 2.75) is 13.0 Å². The Kier molecular flexibility index (Phi) is 5.17. The molecule has 1 aromatic carbocycles. The highest BCUT2D eigenvalue weighted by molar-refractivity contribution is 6.07. The molecule has 3 heterocycles. The summed E-state index contributed by atoms with van der Waals surface area (Å²) in [5.74, 6) is 0.866. The van der Waals surface area contributed by atoms with Gasteiger partial charge < -0.3 is 20.7 Å². The Balaban J connectivity index is 1.65. The second-order valence-electron chi connectivity index (χ2n) is 6.64. The van der Waals surface area contributed by atoms with Crippen LogP contribution < -0.4 is 20.7 Å². The second-order valence-corrected chi connectivity index (χ2v) is 6.64. The molecule has 1 aliphatic heterocycles. The number of anilines is 1. The van der Waals surface area contributed by atoms with Crippen LogP contribution in [-0.4, -0.2) is 33.6 Å². The lowest BCUT2D eigenvalue weighted by atomic mass is 9.96. The fraction of sp³-hybridized carbons (Fsp3) is 0.143. The number of nitrogens with zero attached hydrogens (tertiary/aromatic N) is 3. The number of pyridine rings is 1. The lowest BCUT2D eigenvalue weighted by molar-refractivity contribution is -0.113. The maximum Gasteiger partial charge on any atom is 0.319 e. The fourth-order valence-electron chi connectivity index (χ4n) is 3.30. The molecule has 0 bridgehead atoms. The number of methoxy groups -OCH3 is 1. The monoisotopic (exact) mass is 404 g/mol. The van der Waals surface area contributed by atoms with Gasteiger partial charge in [0.05, 0.1) is 24.4 Å². The number of nitrogens with one attached hydrogen (secondary N) is 3. The third-order valence-electron chi connectivity index (χ3n) is 4.74. The van der Waals surface area contributed by atoms with E-state index in [0.29, 0.717) is 34.1 Å². The van der Waals surface area contributed by atoms with Crippen LogP contribution in [0.15, 0.2) is 72.6 Å². The van der Waals surface area contributed by atoms with Crippen LogP contribution >= 0.6 is 0 Å². The number of para-hydroxylation sites is 2. The maximum absolute atomic E-state index is 13.1. The Hall–Kier alpha value is -4.14. The molecule has 3 N–H and O–H groups in total. The first-order chi connectivity index (χ1) is 14.6.